The lowest BCUT2D eigenvalue weighted by molar-refractivity contribution is -0.0120. The molecule has 0 saturated heterocycles. The van der Waals surface area contributed by atoms with Crippen molar-refractivity contribution >= 4 is 0 Å². The van der Waals surface area contributed by atoms with Crippen LogP contribution in [0.2, 0.25) is 0 Å². The number of aliphatic hydroxyl groups is 2. The molecule has 5 nitrogen and oxygen atoms in total. The van der Waals surface area contributed by atoms with Crippen molar-refractivity contribution in [2.75, 3.05) is 13.2 Å². The van der Waals surface area contributed by atoms with Gasteiger partial charge in [-0.1, -0.05) is 12.1 Å². The number of hydrogen-bond donors (Lipinski definition) is 3. The summed E-state index contributed by atoms with van der Waals surface area (Å²) in [5.41, 5.74) is -1.02. The molecule has 0 radical (unpaired) electrons. The van der Waals surface area contributed by atoms with E-state index in [-0.39, 0.29) is 13.2 Å². The second-order valence-electron chi connectivity index (χ2n) is 6.14. The third-order valence-electron chi connectivity index (χ3n) is 3.75. The molecule has 116 valence electrons. The summed E-state index contributed by atoms with van der Waals surface area (Å²) in [5, 5.41) is 32.0. The number of nitriles is 1. The van der Waals surface area contributed by atoms with Crippen LogP contribution < -0.4 is 10.1 Å². The predicted octanol–water partition coefficient (Wildman–Crippen LogP) is 1.44. The first-order chi connectivity index (χ1) is 9.67. The molecule has 1 unspecified atom stereocenters. The molecule has 0 aliphatic carbocycles. The van der Waals surface area contributed by atoms with E-state index >= 15 is 0 Å². The molecule has 5 heteroatoms. The van der Waals surface area contributed by atoms with E-state index in [0.717, 1.165) is 0 Å². The molecule has 1 rings (SSSR count). The van der Waals surface area contributed by atoms with Gasteiger partial charge < -0.3 is 20.3 Å². The molecule has 0 bridgehead atoms. The highest BCUT2D eigenvalue weighted by Crippen LogP contribution is 2.20. The van der Waals surface area contributed by atoms with Gasteiger partial charge in [0.15, 0.2) is 0 Å². The summed E-state index contributed by atoms with van der Waals surface area (Å²) in [6.07, 6.45) is -0.738. The van der Waals surface area contributed by atoms with Crippen molar-refractivity contribution < 1.29 is 14.9 Å². The van der Waals surface area contributed by atoms with Crippen molar-refractivity contribution in [1.82, 2.24) is 5.32 Å². The lowest BCUT2D eigenvalue weighted by Crippen LogP contribution is -2.57. The van der Waals surface area contributed by atoms with Gasteiger partial charge >= 0.3 is 0 Å². The number of nitrogens with zero attached hydrogens (tertiary/aromatic N) is 1. The number of hydrogen-bond acceptors (Lipinski definition) is 5. The van der Waals surface area contributed by atoms with E-state index in [9.17, 15) is 10.2 Å². The van der Waals surface area contributed by atoms with E-state index in [1.807, 2.05) is 19.9 Å². The fraction of sp³-hybridized carbons (Fsp3) is 0.562. The highest BCUT2D eigenvalue weighted by atomic mass is 16.5. The van der Waals surface area contributed by atoms with Gasteiger partial charge in [0.1, 0.15) is 24.5 Å². The van der Waals surface area contributed by atoms with Crippen LogP contribution in [0.1, 0.15) is 33.3 Å². The van der Waals surface area contributed by atoms with Gasteiger partial charge in [0.05, 0.1) is 11.2 Å². The van der Waals surface area contributed by atoms with Gasteiger partial charge in [-0.3, -0.25) is 0 Å². The lowest BCUT2D eigenvalue weighted by Gasteiger charge is -2.38. The average molecular weight is 292 g/mol. The quantitative estimate of drug-likeness (QED) is 0.708. The number of β-amino-alcohol motifs (C(OH)–C–C–N with tert-alkyl or cyclic N) is 1. The van der Waals surface area contributed by atoms with E-state index in [4.69, 9.17) is 10.00 Å². The summed E-state index contributed by atoms with van der Waals surface area (Å²) in [6, 6.07) is 8.93. The summed E-state index contributed by atoms with van der Waals surface area (Å²) in [6.45, 7) is 7.52. The molecule has 1 aromatic rings. The van der Waals surface area contributed by atoms with Crippen molar-refractivity contribution in [2.24, 2.45) is 0 Å². The Labute approximate surface area is 126 Å². The Kier molecular flexibility index (Phi) is 5.73. The summed E-state index contributed by atoms with van der Waals surface area (Å²) in [5.74, 6) is 0.459. The molecule has 21 heavy (non-hydrogen) atoms. The summed E-state index contributed by atoms with van der Waals surface area (Å²) >= 11 is 0. The molecule has 1 atom stereocenters. The molecular formula is C16H24N2O3. The molecule has 0 aromatic heterocycles. The first-order valence-electron chi connectivity index (χ1n) is 6.95. The zero-order valence-corrected chi connectivity index (χ0v) is 13.1. The number of para-hydroxylation sites is 1. The number of rotatable bonds is 7. The van der Waals surface area contributed by atoms with E-state index in [1.165, 1.54) is 0 Å². The SMILES string of the molecule is CC(C)(O)C(C)(C)NCC(O)COc1ccccc1C#N. The fourth-order valence-corrected chi connectivity index (χ4v) is 1.52. The highest BCUT2D eigenvalue weighted by Gasteiger charge is 2.34. The Morgan fingerprint density at radius 3 is 2.48 bits per heavy atom. The normalized spacial score (nSPS) is 13.6. The van der Waals surface area contributed by atoms with Crippen molar-refractivity contribution in [3.63, 3.8) is 0 Å². The van der Waals surface area contributed by atoms with Gasteiger partial charge in [-0.15, -0.1) is 0 Å². The fourth-order valence-electron chi connectivity index (χ4n) is 1.52. The Morgan fingerprint density at radius 2 is 1.90 bits per heavy atom. The largest absolute Gasteiger partial charge is 0.489 e. The van der Waals surface area contributed by atoms with Gasteiger partial charge in [-0.2, -0.15) is 5.26 Å². The number of ether oxygens (including phenoxy) is 1. The van der Waals surface area contributed by atoms with Crippen LogP contribution in [0, 0.1) is 11.3 Å². The van der Waals surface area contributed by atoms with Crippen LogP contribution in [0.25, 0.3) is 0 Å². The average Bonchev–Trinajstić information content (AvgIpc) is 2.42. The van der Waals surface area contributed by atoms with Crippen LogP contribution in [0.4, 0.5) is 0 Å². The smallest absolute Gasteiger partial charge is 0.137 e. The van der Waals surface area contributed by atoms with Gasteiger partial charge in [-0.05, 0) is 39.8 Å². The van der Waals surface area contributed by atoms with Crippen LogP contribution >= 0.6 is 0 Å². The second kappa shape index (κ2) is 6.90. The molecule has 0 spiro atoms. The Hall–Kier alpha value is -1.61. The van der Waals surface area contributed by atoms with Crippen LogP contribution in [-0.2, 0) is 0 Å². The number of aliphatic hydroxyl groups excluding tert-OH is 1. The van der Waals surface area contributed by atoms with Gasteiger partial charge in [-0.25, -0.2) is 0 Å². The molecule has 0 aliphatic rings. The second-order valence-corrected chi connectivity index (χ2v) is 6.14. The Bertz CT molecular complexity index is 501. The van der Waals surface area contributed by atoms with E-state index in [1.54, 1.807) is 38.1 Å². The van der Waals surface area contributed by atoms with Crippen LogP contribution in [0.5, 0.6) is 5.75 Å². The highest BCUT2D eigenvalue weighted by molar-refractivity contribution is 5.42. The molecule has 3 N–H and O–H groups in total. The van der Waals surface area contributed by atoms with Gasteiger partial charge in [0, 0.05) is 12.1 Å². The Morgan fingerprint density at radius 1 is 1.29 bits per heavy atom. The maximum absolute atomic E-state index is 10.0. The van der Waals surface area contributed by atoms with Crippen molar-refractivity contribution in [1.29, 1.82) is 5.26 Å². The Balaban J connectivity index is 2.49. The molecule has 1 aromatic carbocycles. The number of nitrogens with one attached hydrogen (secondary N) is 1. The maximum atomic E-state index is 10.0. The first-order valence-corrected chi connectivity index (χ1v) is 6.95. The lowest BCUT2D eigenvalue weighted by atomic mass is 9.86. The number of benzene rings is 1. The van der Waals surface area contributed by atoms with Gasteiger partial charge in [0.2, 0.25) is 0 Å². The van der Waals surface area contributed by atoms with Gasteiger partial charge in [0.25, 0.3) is 0 Å². The van der Waals surface area contributed by atoms with Crippen molar-refractivity contribution in [3.8, 4) is 11.8 Å². The van der Waals surface area contributed by atoms with E-state index < -0.39 is 17.2 Å². The minimum Gasteiger partial charge on any atom is -0.489 e. The van der Waals surface area contributed by atoms with E-state index in [0.29, 0.717) is 11.3 Å². The topological polar surface area (TPSA) is 85.5 Å². The first kappa shape index (κ1) is 17.4. The molecular weight excluding hydrogens is 268 g/mol. The molecule has 0 amide bonds. The molecule has 0 fully saturated rings. The minimum atomic E-state index is -0.916. The van der Waals surface area contributed by atoms with E-state index in [2.05, 4.69) is 5.32 Å². The molecule has 0 aliphatic heterocycles. The minimum absolute atomic E-state index is 0.0770. The summed E-state index contributed by atoms with van der Waals surface area (Å²) in [4.78, 5) is 0. The van der Waals surface area contributed by atoms with Crippen LogP contribution in [0.3, 0.4) is 0 Å². The third-order valence-corrected chi connectivity index (χ3v) is 3.75. The molecule has 0 heterocycles. The van der Waals surface area contributed by atoms with Crippen molar-refractivity contribution in [3.05, 3.63) is 29.8 Å². The predicted molar refractivity (Wildman–Crippen MR) is 81.0 cm³/mol. The third kappa shape index (κ3) is 5.01. The van der Waals surface area contributed by atoms with Crippen LogP contribution in [-0.4, -0.2) is 40.6 Å². The zero-order chi connectivity index (χ0) is 16.1. The molecule has 0 saturated carbocycles. The maximum Gasteiger partial charge on any atom is 0.137 e. The van der Waals surface area contributed by atoms with Crippen molar-refractivity contribution in [2.45, 2.75) is 44.9 Å². The summed E-state index contributed by atoms with van der Waals surface area (Å²) in [7, 11) is 0. The summed E-state index contributed by atoms with van der Waals surface area (Å²) < 4.78 is 5.47. The standard InChI is InChI=1S/C16H24N2O3/c1-15(2,16(3,4)20)18-10-13(19)11-21-14-8-6-5-7-12(14)9-17/h5-8,13,18-20H,10-11H2,1-4H3. The van der Waals surface area contributed by atoms with Crippen LogP contribution in [0.15, 0.2) is 24.3 Å². The monoisotopic (exact) mass is 292 g/mol. The zero-order valence-electron chi connectivity index (χ0n) is 13.1.